The van der Waals surface area contributed by atoms with Gasteiger partial charge < -0.3 is 9.88 Å². The van der Waals surface area contributed by atoms with Crippen LogP contribution in [0, 0.1) is 18.3 Å². The van der Waals surface area contributed by atoms with Crippen molar-refractivity contribution in [3.05, 3.63) is 64.1 Å². The second-order valence-electron chi connectivity index (χ2n) is 4.59. The molecule has 1 N–H and O–H groups in total. The molecule has 0 saturated carbocycles. The molecule has 1 aromatic heterocycles. The van der Waals surface area contributed by atoms with Crippen molar-refractivity contribution >= 4 is 11.6 Å². The smallest absolute Gasteiger partial charge is 0.263 e. The third kappa shape index (κ3) is 3.37. The highest BCUT2D eigenvalue weighted by atomic mass is 16.2. The monoisotopic (exact) mass is 281 g/mol. The summed E-state index contributed by atoms with van der Waals surface area (Å²) < 4.78 is 0. The quantitative estimate of drug-likeness (QED) is 0.933. The van der Waals surface area contributed by atoms with Gasteiger partial charge in [-0.15, -0.1) is 0 Å². The third-order valence-corrected chi connectivity index (χ3v) is 3.05. The average Bonchev–Trinajstić information content (AvgIpc) is 2.48. The number of hydrogen-bond donors (Lipinski definition) is 1. The van der Waals surface area contributed by atoms with Crippen LogP contribution in [-0.4, -0.2) is 17.4 Å². The summed E-state index contributed by atoms with van der Waals surface area (Å²) in [7, 11) is 0. The molecule has 2 rings (SSSR count). The molecule has 2 aromatic rings. The second kappa shape index (κ2) is 6.53. The van der Waals surface area contributed by atoms with Crippen LogP contribution in [0.25, 0.3) is 0 Å². The average molecular weight is 281 g/mol. The second-order valence-corrected chi connectivity index (χ2v) is 4.59. The van der Waals surface area contributed by atoms with Crippen LogP contribution in [0.3, 0.4) is 0 Å². The number of para-hydroxylation sites is 1. The van der Waals surface area contributed by atoms with Gasteiger partial charge in [0, 0.05) is 30.2 Å². The molecular formula is C16H15N3O2. The Morgan fingerprint density at radius 1 is 1.33 bits per heavy atom. The Balaban J connectivity index is 2.39. The van der Waals surface area contributed by atoms with Crippen molar-refractivity contribution in [1.82, 2.24) is 4.98 Å². The van der Waals surface area contributed by atoms with Crippen LogP contribution in [0.4, 0.5) is 5.69 Å². The van der Waals surface area contributed by atoms with E-state index < -0.39 is 5.91 Å². The van der Waals surface area contributed by atoms with Crippen molar-refractivity contribution in [3.63, 3.8) is 0 Å². The Morgan fingerprint density at radius 2 is 2.05 bits per heavy atom. The summed E-state index contributed by atoms with van der Waals surface area (Å²) in [6, 6.07) is 12.4. The third-order valence-electron chi connectivity index (χ3n) is 3.05. The van der Waals surface area contributed by atoms with Crippen LogP contribution in [-0.2, 0) is 0 Å². The Kier molecular flexibility index (Phi) is 4.52. The molecule has 0 aliphatic heterocycles. The van der Waals surface area contributed by atoms with Gasteiger partial charge in [0.05, 0.1) is 12.5 Å². The van der Waals surface area contributed by atoms with E-state index in [2.05, 4.69) is 4.98 Å². The van der Waals surface area contributed by atoms with E-state index in [-0.39, 0.29) is 24.0 Å². The highest BCUT2D eigenvalue weighted by Gasteiger charge is 2.19. The number of pyridine rings is 1. The molecule has 0 aliphatic rings. The summed E-state index contributed by atoms with van der Waals surface area (Å²) in [5, 5.41) is 8.75. The molecule has 0 aliphatic carbocycles. The van der Waals surface area contributed by atoms with Gasteiger partial charge in [-0.3, -0.25) is 9.59 Å². The van der Waals surface area contributed by atoms with Gasteiger partial charge in [-0.1, -0.05) is 18.2 Å². The number of H-pyrrole nitrogens is 1. The summed E-state index contributed by atoms with van der Waals surface area (Å²) in [5.74, 6) is -0.405. The Morgan fingerprint density at radius 3 is 2.67 bits per heavy atom. The lowest BCUT2D eigenvalue weighted by molar-refractivity contribution is 0.0986. The fourth-order valence-corrected chi connectivity index (χ4v) is 2.00. The number of aryl methyl sites for hydroxylation is 1. The molecule has 106 valence electrons. The zero-order valence-corrected chi connectivity index (χ0v) is 11.7. The summed E-state index contributed by atoms with van der Waals surface area (Å²) >= 11 is 0. The summed E-state index contributed by atoms with van der Waals surface area (Å²) in [5.41, 5.74) is 1.11. The first-order valence-corrected chi connectivity index (χ1v) is 6.56. The number of aromatic nitrogens is 1. The van der Waals surface area contributed by atoms with Crippen molar-refractivity contribution in [1.29, 1.82) is 5.26 Å². The maximum absolute atomic E-state index is 12.6. The van der Waals surface area contributed by atoms with Gasteiger partial charge in [-0.05, 0) is 19.1 Å². The van der Waals surface area contributed by atoms with Crippen molar-refractivity contribution in [2.45, 2.75) is 13.3 Å². The molecule has 1 heterocycles. The minimum absolute atomic E-state index is 0.0717. The predicted molar refractivity (Wildman–Crippen MR) is 80.1 cm³/mol. The molecule has 0 fully saturated rings. The lowest BCUT2D eigenvalue weighted by Crippen LogP contribution is -2.35. The van der Waals surface area contributed by atoms with Crippen LogP contribution < -0.4 is 10.3 Å². The molecule has 5 nitrogen and oxygen atoms in total. The minimum atomic E-state index is -0.405. The number of nitriles is 1. The van der Waals surface area contributed by atoms with Crippen molar-refractivity contribution in [2.24, 2.45) is 0 Å². The molecule has 0 saturated heterocycles. The van der Waals surface area contributed by atoms with E-state index >= 15 is 0 Å². The number of aromatic amines is 1. The van der Waals surface area contributed by atoms with E-state index in [1.54, 1.807) is 31.2 Å². The molecule has 0 spiro atoms. The van der Waals surface area contributed by atoms with Gasteiger partial charge in [0.25, 0.3) is 5.91 Å². The Bertz CT molecular complexity index is 729. The van der Waals surface area contributed by atoms with Crippen LogP contribution in [0.1, 0.15) is 22.5 Å². The molecular weight excluding hydrogens is 266 g/mol. The Labute approximate surface area is 122 Å². The number of carbonyl (C=O) groups is 1. The van der Waals surface area contributed by atoms with E-state index in [0.717, 1.165) is 0 Å². The lowest BCUT2D eigenvalue weighted by Gasteiger charge is -2.21. The molecule has 0 radical (unpaired) electrons. The zero-order valence-electron chi connectivity index (χ0n) is 11.7. The normalized spacial score (nSPS) is 9.90. The number of benzene rings is 1. The topological polar surface area (TPSA) is 77.0 Å². The first kappa shape index (κ1) is 14.5. The first-order chi connectivity index (χ1) is 10.1. The van der Waals surface area contributed by atoms with Crippen molar-refractivity contribution < 1.29 is 4.79 Å². The van der Waals surface area contributed by atoms with Crippen molar-refractivity contribution in [2.75, 3.05) is 11.4 Å². The highest BCUT2D eigenvalue weighted by molar-refractivity contribution is 6.05. The maximum Gasteiger partial charge on any atom is 0.263 e. The highest BCUT2D eigenvalue weighted by Crippen LogP contribution is 2.16. The molecule has 0 atom stereocenters. The Hall–Kier alpha value is -2.87. The SMILES string of the molecule is Cc1cc(=O)c(C(=O)N(CCC#N)c2ccccc2)c[nH]1. The largest absolute Gasteiger partial charge is 0.364 e. The van der Waals surface area contributed by atoms with Gasteiger partial charge in [-0.2, -0.15) is 5.26 Å². The molecule has 0 unspecified atom stereocenters. The van der Waals surface area contributed by atoms with Crippen LogP contribution in [0.5, 0.6) is 0 Å². The van der Waals surface area contributed by atoms with Gasteiger partial charge in [-0.25, -0.2) is 0 Å². The van der Waals surface area contributed by atoms with Gasteiger partial charge in [0.2, 0.25) is 0 Å². The van der Waals surface area contributed by atoms with E-state index in [1.807, 2.05) is 12.1 Å². The van der Waals surface area contributed by atoms with E-state index in [0.29, 0.717) is 11.4 Å². The standard InChI is InChI=1S/C16H15N3O2/c1-12-10-15(20)14(11-18-12)16(21)19(9-5-8-17)13-6-3-2-4-7-13/h2-4,6-7,10-11H,5,9H2,1H3,(H,18,20). The summed E-state index contributed by atoms with van der Waals surface area (Å²) in [4.78, 5) is 28.9. The molecule has 1 aromatic carbocycles. The van der Waals surface area contributed by atoms with E-state index in [9.17, 15) is 9.59 Å². The molecule has 1 amide bonds. The molecule has 0 bridgehead atoms. The van der Waals surface area contributed by atoms with Crippen LogP contribution in [0.15, 0.2) is 47.4 Å². The zero-order chi connectivity index (χ0) is 15.2. The minimum Gasteiger partial charge on any atom is -0.364 e. The molecule has 21 heavy (non-hydrogen) atoms. The number of carbonyl (C=O) groups excluding carboxylic acids is 1. The fraction of sp³-hybridized carbons (Fsp3) is 0.188. The maximum atomic E-state index is 12.6. The van der Waals surface area contributed by atoms with Crippen LogP contribution in [0.2, 0.25) is 0 Å². The van der Waals surface area contributed by atoms with E-state index in [4.69, 9.17) is 5.26 Å². The molecule has 5 heteroatoms. The lowest BCUT2D eigenvalue weighted by atomic mass is 10.2. The fourth-order valence-electron chi connectivity index (χ4n) is 2.00. The van der Waals surface area contributed by atoms with Gasteiger partial charge in [0.1, 0.15) is 5.56 Å². The first-order valence-electron chi connectivity index (χ1n) is 6.56. The van der Waals surface area contributed by atoms with E-state index in [1.165, 1.54) is 17.2 Å². The number of hydrogen-bond acceptors (Lipinski definition) is 3. The number of amides is 1. The summed E-state index contributed by atoms with van der Waals surface area (Å²) in [6.45, 7) is 1.99. The number of anilines is 1. The number of nitrogens with one attached hydrogen (secondary N) is 1. The van der Waals surface area contributed by atoms with Crippen LogP contribution >= 0.6 is 0 Å². The van der Waals surface area contributed by atoms with Gasteiger partial charge in [0.15, 0.2) is 5.43 Å². The summed E-state index contributed by atoms with van der Waals surface area (Å²) in [6.07, 6.45) is 1.62. The van der Waals surface area contributed by atoms with Crippen molar-refractivity contribution in [3.8, 4) is 6.07 Å². The number of nitrogens with zero attached hydrogens (tertiary/aromatic N) is 2. The number of rotatable bonds is 4. The predicted octanol–water partition coefficient (Wildman–Crippen LogP) is 2.24. The van der Waals surface area contributed by atoms with Gasteiger partial charge >= 0.3 is 0 Å².